The van der Waals surface area contributed by atoms with Crippen LogP contribution in [0.2, 0.25) is 5.02 Å². The van der Waals surface area contributed by atoms with E-state index < -0.39 is 28.0 Å². The van der Waals surface area contributed by atoms with Gasteiger partial charge in [0.1, 0.15) is 10.7 Å². The summed E-state index contributed by atoms with van der Waals surface area (Å²) in [6.07, 6.45) is -0.904. The monoisotopic (exact) mass is 295 g/mol. The van der Waals surface area contributed by atoms with Gasteiger partial charge in [0.2, 0.25) is 10.0 Å². The van der Waals surface area contributed by atoms with E-state index in [1.165, 1.54) is 0 Å². The number of aliphatic hydroxyl groups is 1. The molecule has 1 aliphatic rings. The summed E-state index contributed by atoms with van der Waals surface area (Å²) in [5.41, 5.74) is 0. The van der Waals surface area contributed by atoms with Crippen LogP contribution in [0.1, 0.15) is 0 Å². The highest BCUT2D eigenvalue weighted by molar-refractivity contribution is 7.89. The van der Waals surface area contributed by atoms with Crippen molar-refractivity contribution in [2.24, 2.45) is 0 Å². The lowest BCUT2D eigenvalue weighted by atomic mass is 10.2. The predicted octanol–water partition coefficient (Wildman–Crippen LogP) is 0.517. The fraction of sp³-hybridized carbons (Fsp3) is 0.400. The normalized spacial score (nSPS) is 24.4. The van der Waals surface area contributed by atoms with E-state index in [1.54, 1.807) is 0 Å². The van der Waals surface area contributed by atoms with E-state index in [0.29, 0.717) is 0 Å². The topological polar surface area (TPSA) is 75.6 Å². The zero-order valence-electron chi connectivity index (χ0n) is 9.14. The lowest BCUT2D eigenvalue weighted by molar-refractivity contribution is 0.124. The number of halogens is 2. The van der Waals surface area contributed by atoms with Crippen LogP contribution in [0, 0.1) is 5.82 Å². The second-order valence-corrected chi connectivity index (χ2v) is 6.00. The maximum Gasteiger partial charge on any atom is 0.242 e. The van der Waals surface area contributed by atoms with Crippen LogP contribution in [0.15, 0.2) is 23.1 Å². The van der Waals surface area contributed by atoms with Gasteiger partial charge in [-0.3, -0.25) is 0 Å². The van der Waals surface area contributed by atoms with Crippen molar-refractivity contribution < 1.29 is 22.7 Å². The van der Waals surface area contributed by atoms with Crippen molar-refractivity contribution in [1.29, 1.82) is 0 Å². The first-order chi connectivity index (χ1) is 8.40. The standard InChI is InChI=1S/C10H11ClFNO4S/c11-7-3-6(12)1-2-10(7)18(15,16)13-8-4-17-5-9(8)14/h1-3,8-9,13-14H,4-5H2/t8-,9-/m0/s1. The summed E-state index contributed by atoms with van der Waals surface area (Å²) >= 11 is 5.68. The molecule has 1 fully saturated rings. The van der Waals surface area contributed by atoms with Crippen LogP contribution in [0.4, 0.5) is 4.39 Å². The number of sulfonamides is 1. The Kier molecular flexibility index (Phi) is 3.88. The van der Waals surface area contributed by atoms with Gasteiger partial charge in [-0.05, 0) is 18.2 Å². The third-order valence-corrected chi connectivity index (χ3v) is 4.51. The summed E-state index contributed by atoms with van der Waals surface area (Å²) in [6.45, 7) is 0.156. The van der Waals surface area contributed by atoms with E-state index in [0.717, 1.165) is 18.2 Å². The Morgan fingerprint density at radius 1 is 1.44 bits per heavy atom. The molecule has 8 heteroatoms. The quantitative estimate of drug-likeness (QED) is 0.852. The van der Waals surface area contributed by atoms with Crippen molar-refractivity contribution >= 4 is 21.6 Å². The number of ether oxygens (including phenoxy) is 1. The lowest BCUT2D eigenvalue weighted by Crippen LogP contribution is -2.42. The summed E-state index contributed by atoms with van der Waals surface area (Å²) < 4.78 is 44.0. The van der Waals surface area contributed by atoms with Gasteiger partial charge in [0.25, 0.3) is 0 Å². The van der Waals surface area contributed by atoms with Gasteiger partial charge in [0.15, 0.2) is 0 Å². The van der Waals surface area contributed by atoms with Crippen molar-refractivity contribution in [3.63, 3.8) is 0 Å². The van der Waals surface area contributed by atoms with E-state index in [-0.39, 0.29) is 23.1 Å². The second kappa shape index (κ2) is 5.10. The third kappa shape index (κ3) is 2.81. The molecule has 0 radical (unpaired) electrons. The van der Waals surface area contributed by atoms with Crippen LogP contribution in [-0.4, -0.2) is 38.9 Å². The fourth-order valence-corrected chi connectivity index (χ4v) is 3.40. The molecule has 5 nitrogen and oxygen atoms in total. The van der Waals surface area contributed by atoms with Gasteiger partial charge in [-0.2, -0.15) is 0 Å². The van der Waals surface area contributed by atoms with Gasteiger partial charge in [-0.25, -0.2) is 17.5 Å². The minimum absolute atomic E-state index is 0.0737. The molecule has 0 bridgehead atoms. The van der Waals surface area contributed by atoms with Crippen LogP contribution in [-0.2, 0) is 14.8 Å². The van der Waals surface area contributed by atoms with Crippen LogP contribution < -0.4 is 4.72 Å². The molecule has 0 unspecified atom stereocenters. The zero-order valence-corrected chi connectivity index (χ0v) is 10.7. The molecule has 2 N–H and O–H groups in total. The van der Waals surface area contributed by atoms with Crippen LogP contribution in [0.25, 0.3) is 0 Å². The maximum atomic E-state index is 12.8. The number of benzene rings is 1. The minimum Gasteiger partial charge on any atom is -0.389 e. The summed E-state index contributed by atoms with van der Waals surface area (Å²) in [4.78, 5) is -0.232. The molecule has 0 amide bonds. The molecule has 2 rings (SSSR count). The Balaban J connectivity index is 2.25. The summed E-state index contributed by atoms with van der Waals surface area (Å²) in [5.74, 6) is -0.622. The predicted molar refractivity (Wildman–Crippen MR) is 62.3 cm³/mol. The Morgan fingerprint density at radius 2 is 2.17 bits per heavy atom. The zero-order chi connectivity index (χ0) is 13.3. The lowest BCUT2D eigenvalue weighted by Gasteiger charge is -2.15. The highest BCUT2D eigenvalue weighted by Crippen LogP contribution is 2.23. The molecule has 1 saturated heterocycles. The smallest absolute Gasteiger partial charge is 0.242 e. The van der Waals surface area contributed by atoms with Crippen molar-refractivity contribution in [2.75, 3.05) is 13.2 Å². The highest BCUT2D eigenvalue weighted by atomic mass is 35.5. The number of rotatable bonds is 3. The third-order valence-electron chi connectivity index (χ3n) is 2.54. The Bertz CT molecular complexity index is 551. The first kappa shape index (κ1) is 13.7. The molecule has 1 aromatic rings. The first-order valence-corrected chi connectivity index (χ1v) is 6.99. The molecule has 2 atom stereocenters. The van der Waals surface area contributed by atoms with E-state index >= 15 is 0 Å². The van der Waals surface area contributed by atoms with Crippen LogP contribution in [0.5, 0.6) is 0 Å². The van der Waals surface area contributed by atoms with Crippen LogP contribution in [0.3, 0.4) is 0 Å². The number of hydrogen-bond donors (Lipinski definition) is 2. The second-order valence-electron chi connectivity index (χ2n) is 3.91. The van der Waals surface area contributed by atoms with Crippen molar-refractivity contribution in [3.8, 4) is 0 Å². The van der Waals surface area contributed by atoms with E-state index in [9.17, 15) is 17.9 Å². The number of aliphatic hydroxyl groups excluding tert-OH is 1. The van der Waals surface area contributed by atoms with Gasteiger partial charge < -0.3 is 9.84 Å². The Labute approximate surface area is 109 Å². The summed E-state index contributed by atoms with van der Waals surface area (Å²) in [7, 11) is -3.91. The maximum absolute atomic E-state index is 12.8. The molecule has 100 valence electrons. The highest BCUT2D eigenvalue weighted by Gasteiger charge is 2.31. The van der Waals surface area contributed by atoms with Crippen molar-refractivity contribution in [2.45, 2.75) is 17.0 Å². The SMILES string of the molecule is O=S(=O)(N[C@H]1COC[C@@H]1O)c1ccc(F)cc1Cl. The van der Waals surface area contributed by atoms with Gasteiger partial charge in [0, 0.05) is 0 Å². The average molecular weight is 296 g/mol. The molecule has 1 heterocycles. The largest absolute Gasteiger partial charge is 0.389 e. The van der Waals surface area contributed by atoms with E-state index in [1.807, 2.05) is 0 Å². The van der Waals surface area contributed by atoms with Crippen molar-refractivity contribution in [3.05, 3.63) is 29.0 Å². The molecule has 0 aliphatic carbocycles. The molecule has 18 heavy (non-hydrogen) atoms. The molecule has 1 aromatic carbocycles. The van der Waals surface area contributed by atoms with Gasteiger partial charge >= 0.3 is 0 Å². The fourth-order valence-electron chi connectivity index (χ4n) is 1.61. The number of hydrogen-bond acceptors (Lipinski definition) is 4. The molecule has 0 aromatic heterocycles. The minimum atomic E-state index is -3.91. The van der Waals surface area contributed by atoms with E-state index in [4.69, 9.17) is 16.3 Å². The van der Waals surface area contributed by atoms with Gasteiger partial charge in [0.05, 0.1) is 30.4 Å². The molecule has 0 saturated carbocycles. The number of nitrogens with one attached hydrogen (secondary N) is 1. The molecular weight excluding hydrogens is 285 g/mol. The van der Waals surface area contributed by atoms with E-state index in [2.05, 4.69) is 4.72 Å². The average Bonchev–Trinajstić information content (AvgIpc) is 2.63. The molecular formula is C10H11ClFNO4S. The molecule has 0 spiro atoms. The summed E-state index contributed by atoms with van der Waals surface area (Å²) in [6, 6.07) is 2.26. The Morgan fingerprint density at radius 3 is 2.72 bits per heavy atom. The van der Waals surface area contributed by atoms with Crippen molar-refractivity contribution in [1.82, 2.24) is 4.72 Å². The Hall–Kier alpha value is -0.730. The first-order valence-electron chi connectivity index (χ1n) is 5.13. The van der Waals surface area contributed by atoms with Gasteiger partial charge in [-0.1, -0.05) is 11.6 Å². The summed E-state index contributed by atoms with van der Waals surface area (Å²) in [5, 5.41) is 9.26. The molecule has 1 aliphatic heterocycles. The van der Waals surface area contributed by atoms with Crippen LogP contribution >= 0.6 is 11.6 Å². The van der Waals surface area contributed by atoms with Gasteiger partial charge in [-0.15, -0.1) is 0 Å².